The van der Waals surface area contributed by atoms with Gasteiger partial charge in [-0.25, -0.2) is 4.98 Å². The molecule has 1 aromatic heterocycles. The van der Waals surface area contributed by atoms with Crippen molar-refractivity contribution in [3.8, 4) is 11.5 Å². The summed E-state index contributed by atoms with van der Waals surface area (Å²) in [5.41, 5.74) is 0.728. The van der Waals surface area contributed by atoms with Crippen LogP contribution in [0.2, 0.25) is 5.02 Å². The molecule has 8 heteroatoms. The van der Waals surface area contributed by atoms with Gasteiger partial charge in [0.25, 0.3) is 11.5 Å². The highest BCUT2D eigenvalue weighted by Crippen LogP contribution is 2.32. The van der Waals surface area contributed by atoms with Gasteiger partial charge in [-0.05, 0) is 42.8 Å². The molecule has 28 heavy (non-hydrogen) atoms. The first-order chi connectivity index (χ1) is 13.5. The molecule has 1 aliphatic rings. The van der Waals surface area contributed by atoms with Crippen LogP contribution in [0.15, 0.2) is 41.2 Å². The minimum absolute atomic E-state index is 0.149. The number of nitrogens with zero attached hydrogens (tertiary/aromatic N) is 2. The Morgan fingerprint density at radius 3 is 2.86 bits per heavy atom. The van der Waals surface area contributed by atoms with E-state index in [1.165, 1.54) is 0 Å². The van der Waals surface area contributed by atoms with Gasteiger partial charge in [0.1, 0.15) is 5.82 Å². The molecule has 144 valence electrons. The molecule has 2 heterocycles. The molecule has 0 atom stereocenters. The summed E-state index contributed by atoms with van der Waals surface area (Å²) < 4.78 is 10.6. The molecule has 0 aliphatic carbocycles. The summed E-state index contributed by atoms with van der Waals surface area (Å²) in [6.07, 6.45) is 0.764. The van der Waals surface area contributed by atoms with Gasteiger partial charge in [0.15, 0.2) is 11.5 Å². The number of halogens is 1. The van der Waals surface area contributed by atoms with E-state index in [1.54, 1.807) is 41.3 Å². The first-order valence-corrected chi connectivity index (χ1v) is 9.30. The van der Waals surface area contributed by atoms with Crippen molar-refractivity contribution >= 4 is 28.4 Å². The molecule has 4 rings (SSSR count). The van der Waals surface area contributed by atoms with Crippen molar-refractivity contribution < 1.29 is 14.3 Å². The van der Waals surface area contributed by atoms with Gasteiger partial charge in [-0.3, -0.25) is 9.59 Å². The number of carbonyl (C=O) groups is 1. The molecule has 1 amide bonds. The molecule has 1 N–H and O–H groups in total. The van der Waals surface area contributed by atoms with Crippen LogP contribution in [0.5, 0.6) is 11.5 Å². The van der Waals surface area contributed by atoms with Gasteiger partial charge < -0.3 is 19.4 Å². The lowest BCUT2D eigenvalue weighted by Crippen LogP contribution is -2.32. The van der Waals surface area contributed by atoms with Crippen LogP contribution in [-0.2, 0) is 6.54 Å². The van der Waals surface area contributed by atoms with Gasteiger partial charge in [-0.15, -0.1) is 0 Å². The second-order valence-corrected chi connectivity index (χ2v) is 6.91. The Labute approximate surface area is 165 Å². The van der Waals surface area contributed by atoms with Gasteiger partial charge in [0.2, 0.25) is 6.79 Å². The van der Waals surface area contributed by atoms with E-state index in [4.69, 9.17) is 21.1 Å². The first kappa shape index (κ1) is 18.3. The minimum Gasteiger partial charge on any atom is -0.454 e. The lowest BCUT2D eigenvalue weighted by molar-refractivity contribution is 0.0738. The number of rotatable bonds is 5. The minimum atomic E-state index is -0.261. The van der Waals surface area contributed by atoms with E-state index < -0.39 is 0 Å². The quantitative estimate of drug-likeness (QED) is 0.711. The van der Waals surface area contributed by atoms with Crippen LogP contribution in [-0.4, -0.2) is 34.1 Å². The third-order valence-electron chi connectivity index (χ3n) is 4.46. The summed E-state index contributed by atoms with van der Waals surface area (Å²) in [6.45, 7) is 2.83. The van der Waals surface area contributed by atoms with Crippen LogP contribution in [0.3, 0.4) is 0 Å². The smallest absolute Gasteiger partial charge is 0.258 e. The summed E-state index contributed by atoms with van der Waals surface area (Å²) >= 11 is 6.02. The molecule has 3 aromatic rings. The van der Waals surface area contributed by atoms with Crippen LogP contribution in [0.4, 0.5) is 0 Å². The van der Waals surface area contributed by atoms with Crippen molar-refractivity contribution in [1.29, 1.82) is 0 Å². The van der Waals surface area contributed by atoms with Crippen LogP contribution in [0, 0.1) is 0 Å². The largest absolute Gasteiger partial charge is 0.454 e. The van der Waals surface area contributed by atoms with Crippen LogP contribution in [0.25, 0.3) is 10.9 Å². The number of carbonyl (C=O) groups excluding carboxylic acids is 1. The highest BCUT2D eigenvalue weighted by Gasteiger charge is 2.21. The Morgan fingerprint density at radius 1 is 1.21 bits per heavy atom. The molecule has 7 nitrogen and oxygen atoms in total. The Morgan fingerprint density at radius 2 is 2.04 bits per heavy atom. The van der Waals surface area contributed by atoms with E-state index in [9.17, 15) is 9.59 Å². The van der Waals surface area contributed by atoms with Crippen LogP contribution < -0.4 is 15.0 Å². The number of hydrogen-bond acceptors (Lipinski definition) is 5. The molecule has 0 radical (unpaired) electrons. The molecule has 0 bridgehead atoms. The van der Waals surface area contributed by atoms with E-state index in [0.29, 0.717) is 45.4 Å². The maximum Gasteiger partial charge on any atom is 0.258 e. The number of benzene rings is 2. The van der Waals surface area contributed by atoms with E-state index in [1.807, 2.05) is 6.92 Å². The topological polar surface area (TPSA) is 84.5 Å². The average Bonchev–Trinajstić information content (AvgIpc) is 3.14. The van der Waals surface area contributed by atoms with E-state index >= 15 is 0 Å². The number of aromatic nitrogens is 2. The normalized spacial score (nSPS) is 12.4. The van der Waals surface area contributed by atoms with Gasteiger partial charge in [0, 0.05) is 17.1 Å². The molecule has 0 spiro atoms. The van der Waals surface area contributed by atoms with Gasteiger partial charge >= 0.3 is 0 Å². The second-order valence-electron chi connectivity index (χ2n) is 6.47. The zero-order valence-corrected chi connectivity index (χ0v) is 16.0. The number of fused-ring (bicyclic) bond motifs is 2. The van der Waals surface area contributed by atoms with Crippen molar-refractivity contribution in [2.24, 2.45) is 0 Å². The molecule has 0 saturated carbocycles. The standard InChI is InChI=1S/C20H18ClN3O4/c1-2-7-24(20(26)12-3-6-16-17(8-12)28-11-27-16)10-18-22-15-9-13(21)4-5-14(15)19(25)23-18/h3-6,8-9H,2,7,10-11H2,1H3,(H,22,23,25). The van der Waals surface area contributed by atoms with Crippen molar-refractivity contribution in [2.75, 3.05) is 13.3 Å². The Balaban J connectivity index is 1.64. The summed E-state index contributed by atoms with van der Waals surface area (Å²) in [5, 5.41) is 0.954. The molecule has 2 aromatic carbocycles. The van der Waals surface area contributed by atoms with Crippen molar-refractivity contribution in [3.05, 3.63) is 63.2 Å². The van der Waals surface area contributed by atoms with Crippen molar-refractivity contribution in [2.45, 2.75) is 19.9 Å². The van der Waals surface area contributed by atoms with E-state index in [0.717, 1.165) is 6.42 Å². The summed E-state index contributed by atoms with van der Waals surface area (Å²) in [6, 6.07) is 10.0. The lowest BCUT2D eigenvalue weighted by atomic mass is 10.1. The summed E-state index contributed by atoms with van der Waals surface area (Å²) in [4.78, 5) is 34.3. The number of hydrogen-bond donors (Lipinski definition) is 1. The van der Waals surface area contributed by atoms with Gasteiger partial charge in [-0.1, -0.05) is 18.5 Å². The monoisotopic (exact) mass is 399 g/mol. The van der Waals surface area contributed by atoms with Crippen LogP contribution in [0.1, 0.15) is 29.5 Å². The maximum atomic E-state index is 13.0. The second kappa shape index (κ2) is 7.52. The molecule has 0 saturated heterocycles. The highest BCUT2D eigenvalue weighted by molar-refractivity contribution is 6.31. The lowest BCUT2D eigenvalue weighted by Gasteiger charge is -2.22. The SMILES string of the molecule is CCCN(Cc1nc2cc(Cl)ccc2c(=O)[nH]1)C(=O)c1ccc2c(c1)OCO2. The van der Waals surface area contributed by atoms with E-state index in [2.05, 4.69) is 9.97 Å². The Bertz CT molecular complexity index is 1110. The fraction of sp³-hybridized carbons (Fsp3) is 0.250. The summed E-state index contributed by atoms with van der Waals surface area (Å²) in [5.74, 6) is 1.40. The molecule has 0 fully saturated rings. The third kappa shape index (κ3) is 3.53. The number of nitrogens with one attached hydrogen (secondary N) is 1. The van der Waals surface area contributed by atoms with Crippen molar-refractivity contribution in [3.63, 3.8) is 0 Å². The van der Waals surface area contributed by atoms with E-state index in [-0.39, 0.29) is 24.8 Å². The summed E-state index contributed by atoms with van der Waals surface area (Å²) in [7, 11) is 0. The number of H-pyrrole nitrogens is 1. The predicted molar refractivity (Wildman–Crippen MR) is 105 cm³/mol. The zero-order valence-electron chi connectivity index (χ0n) is 15.2. The van der Waals surface area contributed by atoms with Crippen LogP contribution >= 0.6 is 11.6 Å². The number of ether oxygens (including phenoxy) is 2. The Hall–Kier alpha value is -3.06. The molecule has 1 aliphatic heterocycles. The molecular formula is C20H18ClN3O4. The van der Waals surface area contributed by atoms with Gasteiger partial charge in [0.05, 0.1) is 17.4 Å². The average molecular weight is 400 g/mol. The fourth-order valence-electron chi connectivity index (χ4n) is 3.15. The third-order valence-corrected chi connectivity index (χ3v) is 4.69. The first-order valence-electron chi connectivity index (χ1n) is 8.92. The maximum absolute atomic E-state index is 13.0. The molecule has 0 unspecified atom stereocenters. The molecular weight excluding hydrogens is 382 g/mol. The Kier molecular flexibility index (Phi) is 4.92. The fourth-order valence-corrected chi connectivity index (χ4v) is 3.32. The number of aromatic amines is 1. The highest BCUT2D eigenvalue weighted by atomic mass is 35.5. The number of amides is 1. The zero-order chi connectivity index (χ0) is 19.7. The van der Waals surface area contributed by atoms with Gasteiger partial charge in [-0.2, -0.15) is 0 Å². The predicted octanol–water partition coefficient (Wildman–Crippen LogP) is 3.36. The van der Waals surface area contributed by atoms with Crippen molar-refractivity contribution in [1.82, 2.24) is 14.9 Å².